The van der Waals surface area contributed by atoms with Gasteiger partial charge in [0.25, 0.3) is 0 Å². The number of nitrogens with zero attached hydrogens (tertiary/aromatic N) is 1. The van der Waals surface area contributed by atoms with Crippen LogP contribution in [-0.4, -0.2) is 62.1 Å². The number of ether oxygens (including phenoxy) is 1. The first kappa shape index (κ1) is 14.7. The SMILES string of the molecule is CC(N)C1CN(C(=O)C2CCCCS2(=O)=O)CCO1. The topological polar surface area (TPSA) is 89.7 Å². The van der Waals surface area contributed by atoms with Crippen molar-refractivity contribution in [2.45, 2.75) is 43.6 Å². The summed E-state index contributed by atoms with van der Waals surface area (Å²) >= 11 is 0. The Labute approximate surface area is 114 Å². The summed E-state index contributed by atoms with van der Waals surface area (Å²) in [5.74, 6) is -0.140. The quantitative estimate of drug-likeness (QED) is 0.742. The van der Waals surface area contributed by atoms with E-state index in [-0.39, 0.29) is 23.8 Å². The second kappa shape index (κ2) is 5.76. The number of amides is 1. The third-order valence-corrected chi connectivity index (χ3v) is 6.01. The monoisotopic (exact) mass is 290 g/mol. The van der Waals surface area contributed by atoms with Gasteiger partial charge < -0.3 is 15.4 Å². The first-order valence-electron chi connectivity index (χ1n) is 6.79. The number of hydrogen-bond acceptors (Lipinski definition) is 5. The van der Waals surface area contributed by atoms with Crippen molar-refractivity contribution in [2.75, 3.05) is 25.4 Å². The summed E-state index contributed by atoms with van der Waals surface area (Å²) in [6.45, 7) is 3.09. The molecule has 19 heavy (non-hydrogen) atoms. The molecule has 3 atom stereocenters. The third-order valence-electron chi connectivity index (χ3n) is 3.85. The molecule has 7 heteroatoms. The predicted molar refractivity (Wildman–Crippen MR) is 71.4 cm³/mol. The van der Waals surface area contributed by atoms with Gasteiger partial charge in [-0.3, -0.25) is 4.79 Å². The molecule has 1 amide bonds. The van der Waals surface area contributed by atoms with Crippen LogP contribution >= 0.6 is 0 Å². The maximum atomic E-state index is 12.4. The molecule has 2 aliphatic rings. The van der Waals surface area contributed by atoms with E-state index in [9.17, 15) is 13.2 Å². The molecule has 2 saturated heterocycles. The molecule has 2 fully saturated rings. The Morgan fingerprint density at radius 1 is 1.42 bits per heavy atom. The highest BCUT2D eigenvalue weighted by Gasteiger charge is 2.39. The Morgan fingerprint density at radius 2 is 2.16 bits per heavy atom. The molecule has 3 unspecified atom stereocenters. The van der Waals surface area contributed by atoms with Gasteiger partial charge in [-0.1, -0.05) is 6.42 Å². The number of carbonyl (C=O) groups excluding carboxylic acids is 1. The molecule has 0 saturated carbocycles. The van der Waals surface area contributed by atoms with E-state index >= 15 is 0 Å². The molecule has 0 radical (unpaired) electrons. The molecule has 2 rings (SSSR count). The van der Waals surface area contributed by atoms with Gasteiger partial charge in [-0.05, 0) is 19.8 Å². The molecule has 2 aliphatic heterocycles. The van der Waals surface area contributed by atoms with Crippen LogP contribution in [0.15, 0.2) is 0 Å². The molecular formula is C12H22N2O4S. The smallest absolute Gasteiger partial charge is 0.241 e. The largest absolute Gasteiger partial charge is 0.373 e. The fourth-order valence-electron chi connectivity index (χ4n) is 2.63. The number of hydrogen-bond donors (Lipinski definition) is 1. The Bertz CT molecular complexity index is 435. The van der Waals surface area contributed by atoms with Crippen LogP contribution in [0.3, 0.4) is 0 Å². The van der Waals surface area contributed by atoms with Crippen LogP contribution in [0, 0.1) is 0 Å². The van der Waals surface area contributed by atoms with E-state index in [0.29, 0.717) is 32.5 Å². The van der Waals surface area contributed by atoms with Gasteiger partial charge in [-0.25, -0.2) is 8.42 Å². The molecule has 0 bridgehead atoms. The van der Waals surface area contributed by atoms with Crippen LogP contribution in [0.5, 0.6) is 0 Å². The molecule has 0 aromatic heterocycles. The molecule has 110 valence electrons. The van der Waals surface area contributed by atoms with Crippen molar-refractivity contribution in [3.05, 3.63) is 0 Å². The number of rotatable bonds is 2. The average Bonchev–Trinajstić information content (AvgIpc) is 2.37. The summed E-state index contributed by atoms with van der Waals surface area (Å²) in [6, 6.07) is -0.168. The van der Waals surface area contributed by atoms with Crippen molar-refractivity contribution in [1.29, 1.82) is 0 Å². The van der Waals surface area contributed by atoms with Gasteiger partial charge in [0, 0.05) is 19.1 Å². The number of morpholine rings is 1. The van der Waals surface area contributed by atoms with E-state index in [1.54, 1.807) is 4.90 Å². The zero-order valence-electron chi connectivity index (χ0n) is 11.2. The minimum absolute atomic E-state index is 0.129. The van der Waals surface area contributed by atoms with E-state index in [1.807, 2.05) is 6.92 Å². The number of carbonyl (C=O) groups is 1. The van der Waals surface area contributed by atoms with E-state index < -0.39 is 15.1 Å². The summed E-state index contributed by atoms with van der Waals surface area (Å²) in [4.78, 5) is 14.0. The van der Waals surface area contributed by atoms with Crippen molar-refractivity contribution in [1.82, 2.24) is 4.90 Å². The summed E-state index contributed by atoms with van der Waals surface area (Å²) < 4.78 is 29.4. The lowest BCUT2D eigenvalue weighted by atomic mass is 10.1. The lowest BCUT2D eigenvalue weighted by molar-refractivity contribution is -0.139. The standard InChI is InChI=1S/C12H22N2O4S/c1-9(13)10-8-14(5-6-18-10)12(15)11-4-2-3-7-19(11,16)17/h9-11H,2-8,13H2,1H3. The highest BCUT2D eigenvalue weighted by molar-refractivity contribution is 7.92. The maximum Gasteiger partial charge on any atom is 0.241 e. The molecule has 2 heterocycles. The molecule has 0 spiro atoms. The van der Waals surface area contributed by atoms with Crippen molar-refractivity contribution in [2.24, 2.45) is 5.73 Å². The van der Waals surface area contributed by atoms with E-state index in [0.717, 1.165) is 6.42 Å². The van der Waals surface area contributed by atoms with Crippen LogP contribution in [0.2, 0.25) is 0 Å². The zero-order chi connectivity index (χ0) is 14.0. The molecule has 6 nitrogen and oxygen atoms in total. The highest BCUT2D eigenvalue weighted by Crippen LogP contribution is 2.22. The maximum absolute atomic E-state index is 12.4. The normalized spacial score (nSPS) is 32.8. The molecular weight excluding hydrogens is 268 g/mol. The van der Waals surface area contributed by atoms with E-state index in [4.69, 9.17) is 10.5 Å². The van der Waals surface area contributed by atoms with Crippen LogP contribution in [0.1, 0.15) is 26.2 Å². The van der Waals surface area contributed by atoms with Crippen molar-refractivity contribution < 1.29 is 17.9 Å². The van der Waals surface area contributed by atoms with Crippen LogP contribution < -0.4 is 5.73 Å². The van der Waals surface area contributed by atoms with Gasteiger partial charge in [0.1, 0.15) is 5.25 Å². The fourth-order valence-corrected chi connectivity index (χ4v) is 4.50. The summed E-state index contributed by atoms with van der Waals surface area (Å²) in [5.41, 5.74) is 5.78. The fraction of sp³-hybridized carbons (Fsp3) is 0.917. The van der Waals surface area contributed by atoms with Gasteiger partial charge in [0.05, 0.1) is 18.5 Å². The third kappa shape index (κ3) is 3.27. The minimum atomic E-state index is -3.27. The van der Waals surface area contributed by atoms with Crippen molar-refractivity contribution >= 4 is 15.7 Å². The van der Waals surface area contributed by atoms with Crippen LogP contribution in [-0.2, 0) is 19.4 Å². The van der Waals surface area contributed by atoms with Crippen molar-refractivity contribution in [3.63, 3.8) is 0 Å². The van der Waals surface area contributed by atoms with Gasteiger partial charge >= 0.3 is 0 Å². The number of nitrogens with two attached hydrogens (primary N) is 1. The first-order chi connectivity index (χ1) is 8.92. The second-order valence-corrected chi connectivity index (χ2v) is 7.71. The van der Waals surface area contributed by atoms with Gasteiger partial charge in [-0.15, -0.1) is 0 Å². The summed E-state index contributed by atoms with van der Waals surface area (Å²) in [6.07, 6.45) is 1.71. The Kier molecular flexibility index (Phi) is 4.47. The Balaban J connectivity index is 2.06. The Hall–Kier alpha value is -0.660. The molecule has 0 aliphatic carbocycles. The average molecular weight is 290 g/mol. The summed E-state index contributed by atoms with van der Waals surface area (Å²) in [5, 5.41) is -0.854. The summed E-state index contributed by atoms with van der Waals surface area (Å²) in [7, 11) is -3.27. The zero-order valence-corrected chi connectivity index (χ0v) is 12.1. The lowest BCUT2D eigenvalue weighted by Gasteiger charge is -2.37. The van der Waals surface area contributed by atoms with E-state index in [2.05, 4.69) is 0 Å². The first-order valence-corrected chi connectivity index (χ1v) is 8.51. The van der Waals surface area contributed by atoms with Crippen molar-refractivity contribution in [3.8, 4) is 0 Å². The number of sulfone groups is 1. The Morgan fingerprint density at radius 3 is 2.79 bits per heavy atom. The molecule has 0 aromatic rings. The minimum Gasteiger partial charge on any atom is -0.373 e. The van der Waals surface area contributed by atoms with Gasteiger partial charge in [0.2, 0.25) is 5.91 Å². The lowest BCUT2D eigenvalue weighted by Crippen LogP contribution is -2.55. The van der Waals surface area contributed by atoms with E-state index in [1.165, 1.54) is 0 Å². The van der Waals surface area contributed by atoms with Gasteiger partial charge in [-0.2, -0.15) is 0 Å². The molecule has 0 aromatic carbocycles. The second-order valence-electron chi connectivity index (χ2n) is 5.40. The van der Waals surface area contributed by atoms with Gasteiger partial charge in [0.15, 0.2) is 9.84 Å². The highest BCUT2D eigenvalue weighted by atomic mass is 32.2. The predicted octanol–water partition coefficient (Wildman–Crippen LogP) is -0.472. The van der Waals surface area contributed by atoms with Crippen LogP contribution in [0.25, 0.3) is 0 Å². The molecule has 2 N–H and O–H groups in total. The van der Waals surface area contributed by atoms with Crippen LogP contribution in [0.4, 0.5) is 0 Å².